The lowest BCUT2D eigenvalue weighted by Crippen LogP contribution is -2.28. The van der Waals surface area contributed by atoms with Crippen molar-refractivity contribution in [2.24, 2.45) is 0 Å². The average Bonchev–Trinajstić information content (AvgIpc) is 2.69. The maximum atomic E-state index is 5.99. The molecule has 0 aromatic heterocycles. The number of benzene rings is 1. The molecule has 2 rings (SSSR count). The average molecular weight is 246 g/mol. The van der Waals surface area contributed by atoms with E-state index in [0.717, 1.165) is 6.54 Å². The highest BCUT2D eigenvalue weighted by atomic mass is 35.5. The Morgan fingerprint density at radius 3 is 2.93 bits per heavy atom. The minimum atomic E-state index is 0.455. The lowest BCUT2D eigenvalue weighted by Gasteiger charge is -2.13. The van der Waals surface area contributed by atoms with Crippen LogP contribution in [0.4, 0.5) is 0 Å². The van der Waals surface area contributed by atoms with Crippen molar-refractivity contribution in [3.05, 3.63) is 28.2 Å². The summed E-state index contributed by atoms with van der Waals surface area (Å²) >= 11 is 11.8. The summed E-state index contributed by atoms with van der Waals surface area (Å²) in [6.45, 7) is 1.75. The van der Waals surface area contributed by atoms with E-state index in [1.807, 2.05) is 0 Å². The van der Waals surface area contributed by atoms with Gasteiger partial charge in [0.2, 0.25) is 0 Å². The van der Waals surface area contributed by atoms with Crippen molar-refractivity contribution in [2.45, 2.75) is 18.9 Å². The van der Waals surface area contributed by atoms with E-state index in [-0.39, 0.29) is 0 Å². The third-order valence-corrected chi connectivity index (χ3v) is 3.03. The molecule has 1 unspecified atom stereocenters. The molecule has 0 amide bonds. The fraction of sp³-hybridized carbons (Fsp3) is 0.455. The monoisotopic (exact) mass is 245 g/mol. The van der Waals surface area contributed by atoms with Crippen LogP contribution in [0.25, 0.3) is 0 Å². The summed E-state index contributed by atoms with van der Waals surface area (Å²) in [5.41, 5.74) is 0. The molecule has 82 valence electrons. The molecule has 1 heterocycles. The number of ether oxygens (including phenoxy) is 1. The van der Waals surface area contributed by atoms with Crippen LogP contribution in [0.5, 0.6) is 5.75 Å². The Kier molecular flexibility index (Phi) is 3.73. The van der Waals surface area contributed by atoms with E-state index >= 15 is 0 Å². The van der Waals surface area contributed by atoms with Gasteiger partial charge in [0.15, 0.2) is 0 Å². The summed E-state index contributed by atoms with van der Waals surface area (Å²) in [5.74, 6) is 0.703. The second-order valence-corrected chi connectivity index (χ2v) is 4.52. The van der Waals surface area contributed by atoms with Gasteiger partial charge < -0.3 is 10.1 Å². The van der Waals surface area contributed by atoms with E-state index in [2.05, 4.69) is 5.32 Å². The van der Waals surface area contributed by atoms with Crippen molar-refractivity contribution < 1.29 is 4.74 Å². The minimum Gasteiger partial charge on any atom is -0.490 e. The van der Waals surface area contributed by atoms with E-state index in [1.54, 1.807) is 18.2 Å². The lowest BCUT2D eigenvalue weighted by molar-refractivity contribution is 0.277. The van der Waals surface area contributed by atoms with Gasteiger partial charge in [0, 0.05) is 11.1 Å². The lowest BCUT2D eigenvalue weighted by atomic mass is 10.2. The van der Waals surface area contributed by atoms with E-state index in [1.165, 1.54) is 12.8 Å². The van der Waals surface area contributed by atoms with Crippen molar-refractivity contribution >= 4 is 23.2 Å². The molecule has 1 fully saturated rings. The Morgan fingerprint density at radius 1 is 1.40 bits per heavy atom. The normalized spacial score (nSPS) is 20.5. The first-order chi connectivity index (χ1) is 7.25. The summed E-state index contributed by atoms with van der Waals surface area (Å²) in [4.78, 5) is 0. The van der Waals surface area contributed by atoms with Gasteiger partial charge in [0.05, 0.1) is 5.02 Å². The second kappa shape index (κ2) is 5.06. The highest BCUT2D eigenvalue weighted by molar-refractivity contribution is 6.35. The van der Waals surface area contributed by atoms with E-state index < -0.39 is 0 Å². The van der Waals surface area contributed by atoms with Gasteiger partial charge >= 0.3 is 0 Å². The standard InChI is InChI=1S/C11H13Cl2NO/c12-8-3-4-11(10(13)6-8)15-7-9-2-1-5-14-9/h3-4,6,9,14H,1-2,5,7H2. The highest BCUT2D eigenvalue weighted by Gasteiger charge is 2.14. The molecular formula is C11H13Cl2NO. The van der Waals surface area contributed by atoms with Crippen molar-refractivity contribution in [3.8, 4) is 5.75 Å². The van der Waals surface area contributed by atoms with Gasteiger partial charge in [-0.3, -0.25) is 0 Å². The predicted molar refractivity (Wildman–Crippen MR) is 63.0 cm³/mol. The molecule has 0 bridgehead atoms. The van der Waals surface area contributed by atoms with Crippen LogP contribution in [0.3, 0.4) is 0 Å². The van der Waals surface area contributed by atoms with Gasteiger partial charge in [0.25, 0.3) is 0 Å². The zero-order chi connectivity index (χ0) is 10.7. The molecular weight excluding hydrogens is 233 g/mol. The number of hydrogen-bond acceptors (Lipinski definition) is 2. The van der Waals surface area contributed by atoms with Crippen LogP contribution in [0.15, 0.2) is 18.2 Å². The molecule has 1 aromatic rings. The molecule has 1 aliphatic rings. The molecule has 0 aliphatic carbocycles. The largest absolute Gasteiger partial charge is 0.490 e. The van der Waals surface area contributed by atoms with E-state index in [9.17, 15) is 0 Å². The number of hydrogen-bond donors (Lipinski definition) is 1. The fourth-order valence-electron chi connectivity index (χ4n) is 1.68. The number of rotatable bonds is 3. The van der Waals surface area contributed by atoms with Crippen LogP contribution < -0.4 is 10.1 Å². The smallest absolute Gasteiger partial charge is 0.138 e. The molecule has 0 spiro atoms. The summed E-state index contributed by atoms with van der Waals surface area (Å²) in [6.07, 6.45) is 2.40. The van der Waals surface area contributed by atoms with Crippen LogP contribution in [-0.2, 0) is 0 Å². The van der Waals surface area contributed by atoms with E-state index in [4.69, 9.17) is 27.9 Å². The third-order valence-electron chi connectivity index (χ3n) is 2.50. The Labute approximate surface area is 99.5 Å². The first kappa shape index (κ1) is 11.1. The zero-order valence-electron chi connectivity index (χ0n) is 8.30. The number of nitrogens with one attached hydrogen (secondary N) is 1. The molecule has 15 heavy (non-hydrogen) atoms. The van der Waals surface area contributed by atoms with Crippen LogP contribution in [0.2, 0.25) is 10.0 Å². The summed E-state index contributed by atoms with van der Waals surface area (Å²) in [6, 6.07) is 5.74. The topological polar surface area (TPSA) is 21.3 Å². The minimum absolute atomic E-state index is 0.455. The van der Waals surface area contributed by atoms with Gasteiger partial charge in [-0.15, -0.1) is 0 Å². The van der Waals surface area contributed by atoms with Gasteiger partial charge in [-0.05, 0) is 37.6 Å². The molecule has 0 saturated carbocycles. The first-order valence-corrected chi connectivity index (χ1v) is 5.82. The first-order valence-electron chi connectivity index (χ1n) is 5.07. The molecule has 1 atom stereocenters. The van der Waals surface area contributed by atoms with Crippen molar-refractivity contribution in [1.82, 2.24) is 5.32 Å². The third kappa shape index (κ3) is 3.00. The molecule has 1 aromatic carbocycles. The van der Waals surface area contributed by atoms with Crippen LogP contribution >= 0.6 is 23.2 Å². The Balaban J connectivity index is 1.92. The van der Waals surface area contributed by atoms with Gasteiger partial charge in [-0.25, -0.2) is 0 Å². The van der Waals surface area contributed by atoms with Crippen LogP contribution in [0.1, 0.15) is 12.8 Å². The zero-order valence-corrected chi connectivity index (χ0v) is 9.81. The van der Waals surface area contributed by atoms with Crippen molar-refractivity contribution in [2.75, 3.05) is 13.2 Å². The van der Waals surface area contributed by atoms with Gasteiger partial charge in [-0.2, -0.15) is 0 Å². The van der Waals surface area contributed by atoms with Crippen LogP contribution in [-0.4, -0.2) is 19.2 Å². The second-order valence-electron chi connectivity index (χ2n) is 3.68. The SMILES string of the molecule is Clc1ccc(OCC2CCCN2)c(Cl)c1. The maximum absolute atomic E-state index is 5.99. The molecule has 4 heteroatoms. The Hall–Kier alpha value is -0.440. The molecule has 1 aliphatic heterocycles. The molecule has 1 saturated heterocycles. The summed E-state index contributed by atoms with van der Waals surface area (Å²) < 4.78 is 5.62. The highest BCUT2D eigenvalue weighted by Crippen LogP contribution is 2.27. The quantitative estimate of drug-likeness (QED) is 0.884. The fourth-order valence-corrected chi connectivity index (χ4v) is 2.14. The number of halogens is 2. The van der Waals surface area contributed by atoms with E-state index in [0.29, 0.717) is 28.4 Å². The molecule has 1 N–H and O–H groups in total. The van der Waals surface area contributed by atoms with Crippen molar-refractivity contribution in [1.29, 1.82) is 0 Å². The van der Waals surface area contributed by atoms with Gasteiger partial charge in [0.1, 0.15) is 12.4 Å². The summed E-state index contributed by atoms with van der Waals surface area (Å²) in [7, 11) is 0. The Bertz CT molecular complexity index is 337. The summed E-state index contributed by atoms with van der Waals surface area (Å²) in [5, 5.41) is 4.56. The molecule has 2 nitrogen and oxygen atoms in total. The molecule has 0 radical (unpaired) electrons. The predicted octanol–water partition coefficient (Wildman–Crippen LogP) is 3.12. The van der Waals surface area contributed by atoms with Gasteiger partial charge in [-0.1, -0.05) is 23.2 Å². The Morgan fingerprint density at radius 2 is 2.27 bits per heavy atom. The van der Waals surface area contributed by atoms with Crippen LogP contribution in [0, 0.1) is 0 Å². The van der Waals surface area contributed by atoms with Crippen molar-refractivity contribution in [3.63, 3.8) is 0 Å². The maximum Gasteiger partial charge on any atom is 0.138 e.